The predicted octanol–water partition coefficient (Wildman–Crippen LogP) is -1.31. The van der Waals surface area contributed by atoms with Gasteiger partial charge in [0.2, 0.25) is 0 Å². The first kappa shape index (κ1) is 25.8. The molecule has 0 aliphatic heterocycles. The number of carboxylic acids is 2. The fourth-order valence-electron chi connectivity index (χ4n) is 1.40. The summed E-state index contributed by atoms with van der Waals surface area (Å²) in [5.74, 6) is -2.28. The summed E-state index contributed by atoms with van der Waals surface area (Å²) in [5.41, 5.74) is 0. The van der Waals surface area contributed by atoms with Crippen LogP contribution >= 0.6 is 0 Å². The Hall–Kier alpha value is -0.150. The van der Waals surface area contributed by atoms with Crippen molar-refractivity contribution in [3.63, 3.8) is 0 Å². The summed E-state index contributed by atoms with van der Waals surface area (Å²) in [7, 11) is -4.02. The van der Waals surface area contributed by atoms with Crippen LogP contribution in [0, 0.1) is 5.92 Å². The van der Waals surface area contributed by atoms with E-state index < -0.39 is 22.1 Å². The summed E-state index contributed by atoms with van der Waals surface area (Å²) >= 11 is 0. The Morgan fingerprint density at radius 2 is 1.52 bits per heavy atom. The second kappa shape index (κ2) is 14.8. The molecule has 0 bridgehead atoms. The quantitative estimate of drug-likeness (QED) is 0.395. The molecule has 1 unspecified atom stereocenters. The largest absolute Gasteiger partial charge is 1.00 e. The average molecular weight is 334 g/mol. The van der Waals surface area contributed by atoms with Gasteiger partial charge in [-0.1, -0.05) is 33.1 Å². The van der Waals surface area contributed by atoms with E-state index in [9.17, 15) is 22.6 Å². The van der Waals surface area contributed by atoms with Crippen molar-refractivity contribution in [3.05, 3.63) is 0 Å². The first-order valence-electron chi connectivity index (χ1n) is 6.49. The molecule has 1 atom stereocenters. The van der Waals surface area contributed by atoms with Crippen LogP contribution in [0.25, 0.3) is 0 Å². The third-order valence-electron chi connectivity index (χ3n) is 2.54. The smallest absolute Gasteiger partial charge is 0.748 e. The van der Waals surface area contributed by atoms with Crippen molar-refractivity contribution < 1.29 is 62.3 Å². The van der Waals surface area contributed by atoms with Gasteiger partial charge in [0.05, 0.1) is 23.0 Å². The normalized spacial score (nSPS) is 11.6. The molecule has 0 radical (unpaired) electrons. The Morgan fingerprint density at radius 3 is 1.76 bits per heavy atom. The Bertz CT molecular complexity index is 367. The van der Waals surface area contributed by atoms with Crippen LogP contribution in [0.4, 0.5) is 0 Å². The van der Waals surface area contributed by atoms with Crippen molar-refractivity contribution in [2.75, 3.05) is 5.75 Å². The Morgan fingerprint density at radius 1 is 1.10 bits per heavy atom. The molecule has 0 aromatic carbocycles. The molecule has 0 spiro atoms. The first-order chi connectivity index (χ1) is 9.12. The van der Waals surface area contributed by atoms with Gasteiger partial charge in [-0.2, -0.15) is 0 Å². The summed E-state index contributed by atoms with van der Waals surface area (Å²) < 4.78 is 31.2. The SMILES string of the molecule is CCCCC(CC)CS(=O)(=O)[O-].O=C(O)CCC(=O)O.[Na+]. The van der Waals surface area contributed by atoms with Crippen LogP contribution in [0.15, 0.2) is 0 Å². The van der Waals surface area contributed by atoms with Crippen LogP contribution in [0.3, 0.4) is 0 Å². The third kappa shape index (κ3) is 25.2. The van der Waals surface area contributed by atoms with E-state index in [0.717, 1.165) is 25.7 Å². The van der Waals surface area contributed by atoms with E-state index in [-0.39, 0.29) is 54.1 Å². The minimum Gasteiger partial charge on any atom is -0.748 e. The van der Waals surface area contributed by atoms with E-state index in [0.29, 0.717) is 0 Å². The number of unbranched alkanes of at least 4 members (excludes halogenated alkanes) is 1. The van der Waals surface area contributed by atoms with Crippen LogP contribution in [0.5, 0.6) is 0 Å². The molecule has 0 aliphatic rings. The second-order valence-corrected chi connectivity index (χ2v) is 5.88. The molecule has 7 nitrogen and oxygen atoms in total. The molecule has 21 heavy (non-hydrogen) atoms. The maximum atomic E-state index is 10.4. The second-order valence-electron chi connectivity index (χ2n) is 4.43. The standard InChI is InChI=1S/C8H18O3S.C4H6O4.Na/c1-3-5-6-8(4-2)7-12(9,10)11;5-3(6)1-2-4(7)8;/h8H,3-7H2,1-2H3,(H,9,10,11);1-2H2,(H,5,6)(H,7,8);/q;;+1/p-1. The number of carboxylic acid groups (broad SMARTS) is 2. The van der Waals surface area contributed by atoms with Gasteiger partial charge in [-0.05, 0) is 12.3 Å². The molecule has 0 heterocycles. The van der Waals surface area contributed by atoms with E-state index in [1.165, 1.54) is 0 Å². The van der Waals surface area contributed by atoms with E-state index in [1.807, 2.05) is 6.92 Å². The monoisotopic (exact) mass is 334 g/mol. The molecule has 0 saturated heterocycles. The molecule has 0 saturated carbocycles. The van der Waals surface area contributed by atoms with Crippen molar-refractivity contribution in [2.24, 2.45) is 5.92 Å². The molecule has 0 rings (SSSR count). The molecule has 0 aromatic heterocycles. The van der Waals surface area contributed by atoms with Crippen LogP contribution in [-0.2, 0) is 19.7 Å². The van der Waals surface area contributed by atoms with E-state index in [1.54, 1.807) is 0 Å². The fourth-order valence-corrected chi connectivity index (χ4v) is 2.38. The molecule has 0 fully saturated rings. The van der Waals surface area contributed by atoms with Crippen LogP contribution in [0.2, 0.25) is 0 Å². The van der Waals surface area contributed by atoms with Gasteiger partial charge in [-0.15, -0.1) is 0 Å². The molecule has 0 aromatic rings. The van der Waals surface area contributed by atoms with Gasteiger partial charge in [0.1, 0.15) is 0 Å². The first-order valence-corrected chi connectivity index (χ1v) is 8.07. The van der Waals surface area contributed by atoms with Crippen molar-refractivity contribution in [1.82, 2.24) is 0 Å². The fraction of sp³-hybridized carbons (Fsp3) is 0.833. The average Bonchev–Trinajstić information content (AvgIpc) is 2.31. The van der Waals surface area contributed by atoms with E-state index in [4.69, 9.17) is 10.2 Å². The molecule has 9 heteroatoms. The van der Waals surface area contributed by atoms with Gasteiger partial charge in [0.25, 0.3) is 0 Å². The van der Waals surface area contributed by atoms with Crippen LogP contribution in [-0.4, -0.2) is 40.9 Å². The summed E-state index contributed by atoms with van der Waals surface area (Å²) in [6, 6.07) is 0. The Kier molecular flexibility index (Phi) is 18.1. The molecule has 0 aliphatic carbocycles. The summed E-state index contributed by atoms with van der Waals surface area (Å²) in [6.07, 6.45) is 3.10. The van der Waals surface area contributed by atoms with Gasteiger partial charge >= 0.3 is 41.5 Å². The number of carbonyl (C=O) groups is 2. The number of hydrogen-bond donors (Lipinski definition) is 2. The zero-order valence-corrected chi connectivity index (χ0v) is 15.7. The predicted molar refractivity (Wildman–Crippen MR) is 72.4 cm³/mol. The maximum Gasteiger partial charge on any atom is 1.00 e. The molecular weight excluding hydrogens is 311 g/mol. The van der Waals surface area contributed by atoms with Crippen molar-refractivity contribution in [3.8, 4) is 0 Å². The Labute approximate surface area is 148 Å². The van der Waals surface area contributed by atoms with E-state index in [2.05, 4.69) is 6.92 Å². The van der Waals surface area contributed by atoms with Crippen LogP contribution < -0.4 is 29.6 Å². The molecular formula is C12H23NaO7S. The van der Waals surface area contributed by atoms with E-state index >= 15 is 0 Å². The maximum absolute atomic E-state index is 10.4. The number of hydrogen-bond acceptors (Lipinski definition) is 5. The summed E-state index contributed by atoms with van der Waals surface area (Å²) in [6.45, 7) is 3.98. The molecule has 120 valence electrons. The van der Waals surface area contributed by atoms with Gasteiger partial charge in [-0.3, -0.25) is 9.59 Å². The number of aliphatic carboxylic acids is 2. The zero-order chi connectivity index (χ0) is 16.2. The third-order valence-corrected chi connectivity index (χ3v) is 3.42. The van der Waals surface area contributed by atoms with Gasteiger partial charge in [-0.25, -0.2) is 8.42 Å². The van der Waals surface area contributed by atoms with Crippen molar-refractivity contribution in [1.29, 1.82) is 0 Å². The van der Waals surface area contributed by atoms with Crippen LogP contribution in [0.1, 0.15) is 52.4 Å². The minimum absolute atomic E-state index is 0. The number of rotatable bonds is 9. The molecule has 2 N–H and O–H groups in total. The minimum atomic E-state index is -4.02. The van der Waals surface area contributed by atoms with Gasteiger partial charge < -0.3 is 14.8 Å². The van der Waals surface area contributed by atoms with Crippen molar-refractivity contribution in [2.45, 2.75) is 52.4 Å². The van der Waals surface area contributed by atoms with Crippen molar-refractivity contribution >= 4 is 22.1 Å². The van der Waals surface area contributed by atoms with Gasteiger partial charge in [0.15, 0.2) is 0 Å². The topological polar surface area (TPSA) is 132 Å². The molecule has 0 amide bonds. The van der Waals surface area contributed by atoms with Gasteiger partial charge in [0, 0.05) is 5.75 Å². The summed E-state index contributed by atoms with van der Waals surface area (Å²) in [4.78, 5) is 19.3. The summed E-state index contributed by atoms with van der Waals surface area (Å²) in [5, 5.41) is 15.8. The zero-order valence-electron chi connectivity index (χ0n) is 12.9. The Balaban J connectivity index is -0.000000317.